The number of nitrogens with one attached hydrogen (secondary N) is 1. The molecule has 0 unspecified atom stereocenters. The second kappa shape index (κ2) is 4.61. The molecule has 13 heavy (non-hydrogen) atoms. The van der Waals surface area contributed by atoms with Crippen LogP contribution in [0.25, 0.3) is 0 Å². The number of ether oxygens (including phenoxy) is 1. The van der Waals surface area contributed by atoms with Gasteiger partial charge in [-0.05, 0) is 39.2 Å². The van der Waals surface area contributed by atoms with Gasteiger partial charge in [0.25, 0.3) is 0 Å². The second-order valence-electron chi connectivity index (χ2n) is 4.02. The summed E-state index contributed by atoms with van der Waals surface area (Å²) in [7, 11) is 1.43. The van der Waals surface area contributed by atoms with Crippen molar-refractivity contribution < 1.29 is 9.53 Å². The number of rotatable bonds is 5. The van der Waals surface area contributed by atoms with E-state index in [1.54, 1.807) is 0 Å². The largest absolute Gasteiger partial charge is 0.469 e. The van der Waals surface area contributed by atoms with Gasteiger partial charge in [-0.25, -0.2) is 0 Å². The van der Waals surface area contributed by atoms with E-state index in [2.05, 4.69) is 17.0 Å². The van der Waals surface area contributed by atoms with Crippen LogP contribution in [-0.2, 0) is 9.53 Å². The minimum absolute atomic E-state index is 0.111. The van der Waals surface area contributed by atoms with Gasteiger partial charge in [0.15, 0.2) is 0 Å². The Labute approximate surface area is 79.8 Å². The van der Waals surface area contributed by atoms with Crippen LogP contribution in [0.15, 0.2) is 0 Å². The lowest BCUT2D eigenvalue weighted by Crippen LogP contribution is -2.48. The van der Waals surface area contributed by atoms with Gasteiger partial charge in [-0.1, -0.05) is 0 Å². The van der Waals surface area contributed by atoms with E-state index < -0.39 is 0 Å². The monoisotopic (exact) mass is 185 g/mol. The molecule has 1 fully saturated rings. The lowest BCUT2D eigenvalue weighted by atomic mass is 9.78. The van der Waals surface area contributed by atoms with Crippen molar-refractivity contribution in [2.24, 2.45) is 0 Å². The van der Waals surface area contributed by atoms with Crippen molar-refractivity contribution >= 4 is 5.97 Å². The predicted molar refractivity (Wildman–Crippen MR) is 51.5 cm³/mol. The molecule has 3 heteroatoms. The minimum Gasteiger partial charge on any atom is -0.469 e. The lowest BCUT2D eigenvalue weighted by Gasteiger charge is -2.39. The fourth-order valence-corrected chi connectivity index (χ4v) is 1.61. The Bertz CT molecular complexity index is 176. The molecule has 0 bridgehead atoms. The fraction of sp³-hybridized carbons (Fsp3) is 0.900. The molecule has 1 saturated carbocycles. The summed E-state index contributed by atoms with van der Waals surface area (Å²) in [6.07, 6.45) is 5.28. The number of hydrogen-bond donors (Lipinski definition) is 1. The zero-order chi connectivity index (χ0) is 9.73. The van der Waals surface area contributed by atoms with Crippen molar-refractivity contribution in [1.82, 2.24) is 5.32 Å². The van der Waals surface area contributed by atoms with Gasteiger partial charge in [0, 0.05) is 12.0 Å². The van der Waals surface area contributed by atoms with Crippen LogP contribution in [0.3, 0.4) is 0 Å². The lowest BCUT2D eigenvalue weighted by molar-refractivity contribution is -0.140. The van der Waals surface area contributed by atoms with Crippen LogP contribution < -0.4 is 5.32 Å². The Morgan fingerprint density at radius 1 is 1.54 bits per heavy atom. The number of carbonyl (C=O) groups is 1. The van der Waals surface area contributed by atoms with E-state index in [1.165, 1.54) is 26.4 Å². The SMILES string of the molecule is COC(=O)CCCNC1(C)CCC1. The highest BCUT2D eigenvalue weighted by atomic mass is 16.5. The molecule has 1 N–H and O–H groups in total. The van der Waals surface area contributed by atoms with Crippen LogP contribution in [0, 0.1) is 0 Å². The smallest absolute Gasteiger partial charge is 0.305 e. The third kappa shape index (κ3) is 3.35. The summed E-state index contributed by atoms with van der Waals surface area (Å²) in [6, 6.07) is 0. The molecule has 0 saturated heterocycles. The van der Waals surface area contributed by atoms with Gasteiger partial charge in [0.2, 0.25) is 0 Å². The summed E-state index contributed by atoms with van der Waals surface area (Å²) in [5.74, 6) is -0.111. The van der Waals surface area contributed by atoms with Gasteiger partial charge in [-0.3, -0.25) is 4.79 Å². The van der Waals surface area contributed by atoms with Crippen molar-refractivity contribution in [3.8, 4) is 0 Å². The average molecular weight is 185 g/mol. The zero-order valence-corrected chi connectivity index (χ0v) is 8.56. The van der Waals surface area contributed by atoms with Crippen LogP contribution in [0.2, 0.25) is 0 Å². The van der Waals surface area contributed by atoms with Crippen molar-refractivity contribution in [1.29, 1.82) is 0 Å². The molecule has 0 aliphatic heterocycles. The summed E-state index contributed by atoms with van der Waals surface area (Å²) in [5.41, 5.74) is 0.357. The maximum atomic E-state index is 10.8. The molecule has 0 aromatic carbocycles. The fourth-order valence-electron chi connectivity index (χ4n) is 1.61. The quantitative estimate of drug-likeness (QED) is 0.520. The van der Waals surface area contributed by atoms with Gasteiger partial charge >= 0.3 is 5.97 Å². The van der Waals surface area contributed by atoms with Crippen molar-refractivity contribution in [2.45, 2.75) is 44.6 Å². The minimum atomic E-state index is -0.111. The van der Waals surface area contributed by atoms with E-state index in [4.69, 9.17) is 0 Å². The summed E-state index contributed by atoms with van der Waals surface area (Å²) in [5, 5.41) is 3.47. The highest BCUT2D eigenvalue weighted by molar-refractivity contribution is 5.69. The van der Waals surface area contributed by atoms with Gasteiger partial charge < -0.3 is 10.1 Å². The Hall–Kier alpha value is -0.570. The third-order valence-electron chi connectivity index (χ3n) is 2.79. The molecule has 0 amide bonds. The first-order valence-corrected chi connectivity index (χ1v) is 4.98. The molecular formula is C10H19NO2. The molecule has 0 aromatic heterocycles. The summed E-state index contributed by atoms with van der Waals surface area (Å²) >= 11 is 0. The van der Waals surface area contributed by atoms with Crippen LogP contribution in [0.4, 0.5) is 0 Å². The topological polar surface area (TPSA) is 38.3 Å². The van der Waals surface area contributed by atoms with Gasteiger partial charge in [-0.15, -0.1) is 0 Å². The molecule has 3 nitrogen and oxygen atoms in total. The highest BCUT2D eigenvalue weighted by Gasteiger charge is 2.30. The first-order chi connectivity index (χ1) is 6.16. The number of methoxy groups -OCH3 is 1. The Balaban J connectivity index is 1.98. The Morgan fingerprint density at radius 3 is 2.69 bits per heavy atom. The Morgan fingerprint density at radius 2 is 2.23 bits per heavy atom. The first-order valence-electron chi connectivity index (χ1n) is 4.98. The summed E-state index contributed by atoms with van der Waals surface area (Å²) < 4.78 is 4.56. The molecule has 0 atom stereocenters. The van der Waals surface area contributed by atoms with Crippen molar-refractivity contribution in [3.05, 3.63) is 0 Å². The molecule has 0 heterocycles. The normalized spacial score (nSPS) is 19.2. The maximum absolute atomic E-state index is 10.8. The van der Waals surface area contributed by atoms with Crippen LogP contribution in [0.5, 0.6) is 0 Å². The van der Waals surface area contributed by atoms with Gasteiger partial charge in [-0.2, -0.15) is 0 Å². The average Bonchev–Trinajstić information content (AvgIpc) is 2.09. The van der Waals surface area contributed by atoms with E-state index in [-0.39, 0.29) is 5.97 Å². The van der Waals surface area contributed by atoms with Crippen molar-refractivity contribution in [2.75, 3.05) is 13.7 Å². The number of hydrogen-bond acceptors (Lipinski definition) is 3. The van der Waals surface area contributed by atoms with Gasteiger partial charge in [0.1, 0.15) is 0 Å². The molecule has 1 aliphatic carbocycles. The summed E-state index contributed by atoms with van der Waals surface area (Å²) in [6.45, 7) is 3.17. The van der Waals surface area contributed by atoms with Crippen LogP contribution >= 0.6 is 0 Å². The van der Waals surface area contributed by atoms with Crippen LogP contribution in [0.1, 0.15) is 39.0 Å². The molecular weight excluding hydrogens is 166 g/mol. The molecule has 1 aliphatic rings. The molecule has 0 radical (unpaired) electrons. The van der Waals surface area contributed by atoms with E-state index in [0.29, 0.717) is 12.0 Å². The number of carbonyl (C=O) groups excluding carboxylic acids is 1. The predicted octanol–water partition coefficient (Wildman–Crippen LogP) is 1.47. The summed E-state index contributed by atoms with van der Waals surface area (Å²) in [4.78, 5) is 10.8. The zero-order valence-electron chi connectivity index (χ0n) is 8.56. The van der Waals surface area contributed by atoms with E-state index in [9.17, 15) is 4.79 Å². The standard InChI is InChI=1S/C10H19NO2/c1-10(6-4-7-10)11-8-3-5-9(12)13-2/h11H,3-8H2,1-2H3. The van der Waals surface area contributed by atoms with E-state index >= 15 is 0 Å². The van der Waals surface area contributed by atoms with Crippen LogP contribution in [-0.4, -0.2) is 25.2 Å². The maximum Gasteiger partial charge on any atom is 0.305 e. The van der Waals surface area contributed by atoms with Gasteiger partial charge in [0.05, 0.1) is 7.11 Å². The third-order valence-corrected chi connectivity index (χ3v) is 2.79. The molecule has 76 valence electrons. The first kappa shape index (κ1) is 10.5. The number of esters is 1. The van der Waals surface area contributed by atoms with Crippen molar-refractivity contribution in [3.63, 3.8) is 0 Å². The molecule has 0 aromatic rings. The second-order valence-corrected chi connectivity index (χ2v) is 4.02. The molecule has 1 rings (SSSR count). The highest BCUT2D eigenvalue weighted by Crippen LogP contribution is 2.30. The molecule has 0 spiro atoms. The van der Waals surface area contributed by atoms with E-state index in [1.807, 2.05) is 0 Å². The Kier molecular flexibility index (Phi) is 3.72. The van der Waals surface area contributed by atoms with E-state index in [0.717, 1.165) is 13.0 Å².